The fourth-order valence-corrected chi connectivity index (χ4v) is 2.89. The molecule has 0 radical (unpaired) electrons. The molecule has 5 heteroatoms. The van der Waals surface area contributed by atoms with Gasteiger partial charge in [-0.15, -0.1) is 0 Å². The Kier molecular flexibility index (Phi) is 7.41. The number of methoxy groups -OCH3 is 1. The van der Waals surface area contributed by atoms with Crippen molar-refractivity contribution >= 4 is 11.6 Å². The molecular formula is C20H26ClNO3. The van der Waals surface area contributed by atoms with E-state index in [-0.39, 0.29) is 0 Å². The van der Waals surface area contributed by atoms with Gasteiger partial charge in [0.05, 0.1) is 12.1 Å². The molecule has 136 valence electrons. The van der Waals surface area contributed by atoms with Crippen molar-refractivity contribution in [3.63, 3.8) is 0 Å². The zero-order chi connectivity index (χ0) is 18.2. The van der Waals surface area contributed by atoms with Gasteiger partial charge in [-0.05, 0) is 42.3 Å². The molecule has 0 spiro atoms. The topological polar surface area (TPSA) is 39.7 Å². The third-order valence-electron chi connectivity index (χ3n) is 3.80. The number of halogens is 1. The van der Waals surface area contributed by atoms with Crippen LogP contribution in [0.2, 0.25) is 5.02 Å². The lowest BCUT2D eigenvalue weighted by molar-refractivity contribution is 0.210. The van der Waals surface area contributed by atoms with Crippen molar-refractivity contribution in [2.75, 3.05) is 27.4 Å². The van der Waals surface area contributed by atoms with Gasteiger partial charge >= 0.3 is 0 Å². The van der Waals surface area contributed by atoms with Gasteiger partial charge in [0.15, 0.2) is 11.5 Å². The Labute approximate surface area is 155 Å². The van der Waals surface area contributed by atoms with Gasteiger partial charge < -0.3 is 19.5 Å². The van der Waals surface area contributed by atoms with E-state index < -0.39 is 0 Å². The lowest BCUT2D eigenvalue weighted by Crippen LogP contribution is -2.11. The maximum Gasteiger partial charge on any atom is 0.179 e. The maximum atomic E-state index is 6.34. The fourth-order valence-electron chi connectivity index (χ4n) is 2.60. The van der Waals surface area contributed by atoms with E-state index >= 15 is 0 Å². The Morgan fingerprint density at radius 2 is 1.76 bits per heavy atom. The molecule has 0 amide bonds. The highest BCUT2D eigenvalue weighted by Crippen LogP contribution is 2.36. The predicted molar refractivity (Wildman–Crippen MR) is 102 cm³/mol. The van der Waals surface area contributed by atoms with E-state index in [2.05, 4.69) is 25.2 Å². The highest BCUT2D eigenvalue weighted by molar-refractivity contribution is 6.32. The molecule has 2 aromatic carbocycles. The van der Waals surface area contributed by atoms with Gasteiger partial charge in [-0.2, -0.15) is 0 Å². The number of nitrogens with one attached hydrogen (secondary N) is 1. The Morgan fingerprint density at radius 1 is 1.04 bits per heavy atom. The van der Waals surface area contributed by atoms with Gasteiger partial charge in [-0.1, -0.05) is 43.6 Å². The zero-order valence-electron chi connectivity index (χ0n) is 15.3. The van der Waals surface area contributed by atoms with Crippen LogP contribution >= 0.6 is 11.6 Å². The number of hydrogen-bond donors (Lipinski definition) is 1. The van der Waals surface area contributed by atoms with Gasteiger partial charge in [0.1, 0.15) is 19.0 Å². The summed E-state index contributed by atoms with van der Waals surface area (Å²) in [5, 5.41) is 3.63. The average Bonchev–Trinajstić information content (AvgIpc) is 2.60. The normalized spacial score (nSPS) is 10.8. The lowest BCUT2D eigenvalue weighted by atomic mass is 10.0. The minimum Gasteiger partial charge on any atom is -0.493 e. The van der Waals surface area contributed by atoms with Gasteiger partial charge in [0.2, 0.25) is 0 Å². The van der Waals surface area contributed by atoms with Crippen molar-refractivity contribution in [2.45, 2.75) is 26.3 Å². The third-order valence-corrected chi connectivity index (χ3v) is 4.08. The summed E-state index contributed by atoms with van der Waals surface area (Å²) in [6.07, 6.45) is 0. The molecule has 4 nitrogen and oxygen atoms in total. The molecule has 0 aromatic heterocycles. The monoisotopic (exact) mass is 363 g/mol. The number of benzene rings is 2. The second kappa shape index (κ2) is 9.54. The molecule has 0 atom stereocenters. The highest BCUT2D eigenvalue weighted by Gasteiger charge is 2.12. The minimum absolute atomic E-state index is 0.383. The van der Waals surface area contributed by atoms with Crippen molar-refractivity contribution in [2.24, 2.45) is 0 Å². The first kappa shape index (κ1) is 19.4. The summed E-state index contributed by atoms with van der Waals surface area (Å²) in [5.74, 6) is 2.47. The second-order valence-electron chi connectivity index (χ2n) is 6.03. The molecule has 2 rings (SSSR count). The van der Waals surface area contributed by atoms with Gasteiger partial charge in [0, 0.05) is 6.54 Å². The molecule has 0 saturated carbocycles. The first-order chi connectivity index (χ1) is 12.1. The van der Waals surface area contributed by atoms with Crippen LogP contribution in [0.1, 0.15) is 30.9 Å². The summed E-state index contributed by atoms with van der Waals surface area (Å²) in [5.41, 5.74) is 2.23. The summed E-state index contributed by atoms with van der Waals surface area (Å²) < 4.78 is 17.1. The molecule has 1 N–H and O–H groups in total. The zero-order valence-corrected chi connectivity index (χ0v) is 16.0. The average molecular weight is 364 g/mol. The number of hydrogen-bond acceptors (Lipinski definition) is 4. The first-order valence-electron chi connectivity index (χ1n) is 8.42. The lowest BCUT2D eigenvalue weighted by Gasteiger charge is -2.16. The maximum absolute atomic E-state index is 6.34. The van der Waals surface area contributed by atoms with Crippen LogP contribution in [-0.2, 0) is 6.54 Å². The van der Waals surface area contributed by atoms with Gasteiger partial charge in [-0.25, -0.2) is 0 Å². The number of ether oxygens (including phenoxy) is 3. The highest BCUT2D eigenvalue weighted by atomic mass is 35.5. The number of rotatable bonds is 9. The summed E-state index contributed by atoms with van der Waals surface area (Å²) in [7, 11) is 3.49. The molecule has 0 aliphatic rings. The van der Waals surface area contributed by atoms with Crippen molar-refractivity contribution in [1.82, 2.24) is 5.32 Å². The van der Waals surface area contributed by atoms with E-state index in [1.807, 2.05) is 37.4 Å². The molecule has 0 heterocycles. The van der Waals surface area contributed by atoms with Crippen LogP contribution in [0.4, 0.5) is 0 Å². The first-order valence-corrected chi connectivity index (χ1v) is 8.80. The Balaban J connectivity index is 1.98. The van der Waals surface area contributed by atoms with Crippen LogP contribution in [0.25, 0.3) is 0 Å². The molecule has 0 saturated heterocycles. The van der Waals surface area contributed by atoms with Gasteiger partial charge in [0.25, 0.3) is 0 Å². The minimum atomic E-state index is 0.383. The molecule has 0 unspecified atom stereocenters. The van der Waals surface area contributed by atoms with Crippen LogP contribution < -0.4 is 19.5 Å². The standard InChI is InChI=1S/C20H26ClNO3/c1-14(2)16-7-5-6-8-18(16)24-9-10-25-20-17(21)11-15(13-22-3)12-19(20)23-4/h5-8,11-12,14,22H,9-10,13H2,1-4H3. The second-order valence-corrected chi connectivity index (χ2v) is 6.44. The van der Waals surface area contributed by atoms with Crippen LogP contribution in [-0.4, -0.2) is 27.4 Å². The molecular weight excluding hydrogens is 338 g/mol. The Bertz CT molecular complexity index is 689. The fraction of sp³-hybridized carbons (Fsp3) is 0.400. The molecule has 0 fully saturated rings. The molecule has 2 aromatic rings. The van der Waals surface area contributed by atoms with Crippen LogP contribution in [0, 0.1) is 0 Å². The van der Waals surface area contributed by atoms with E-state index in [1.165, 1.54) is 5.56 Å². The van der Waals surface area contributed by atoms with E-state index in [0.717, 1.165) is 11.3 Å². The van der Waals surface area contributed by atoms with Crippen molar-refractivity contribution in [3.8, 4) is 17.2 Å². The van der Waals surface area contributed by atoms with E-state index in [1.54, 1.807) is 7.11 Å². The summed E-state index contributed by atoms with van der Waals surface area (Å²) in [4.78, 5) is 0. The summed E-state index contributed by atoms with van der Waals surface area (Å²) >= 11 is 6.34. The molecule has 0 bridgehead atoms. The Hall–Kier alpha value is -1.91. The predicted octanol–water partition coefficient (Wildman–Crippen LogP) is 4.65. The SMILES string of the molecule is CNCc1cc(Cl)c(OCCOc2ccccc2C(C)C)c(OC)c1. The van der Waals surface area contributed by atoms with E-state index in [9.17, 15) is 0 Å². The van der Waals surface area contributed by atoms with E-state index in [0.29, 0.717) is 42.2 Å². The Morgan fingerprint density at radius 3 is 2.44 bits per heavy atom. The molecule has 0 aliphatic carbocycles. The van der Waals surface area contributed by atoms with Crippen molar-refractivity contribution in [1.29, 1.82) is 0 Å². The largest absolute Gasteiger partial charge is 0.493 e. The van der Waals surface area contributed by atoms with Gasteiger partial charge in [-0.3, -0.25) is 0 Å². The molecule has 25 heavy (non-hydrogen) atoms. The van der Waals surface area contributed by atoms with E-state index in [4.69, 9.17) is 25.8 Å². The molecule has 0 aliphatic heterocycles. The summed E-state index contributed by atoms with van der Waals surface area (Å²) in [6.45, 7) is 5.83. The smallest absolute Gasteiger partial charge is 0.179 e. The van der Waals surface area contributed by atoms with Crippen LogP contribution in [0.15, 0.2) is 36.4 Å². The third kappa shape index (κ3) is 5.28. The van der Waals surface area contributed by atoms with Crippen molar-refractivity contribution < 1.29 is 14.2 Å². The summed E-state index contributed by atoms with van der Waals surface area (Å²) in [6, 6.07) is 11.9. The number of para-hydroxylation sites is 1. The van der Waals surface area contributed by atoms with Crippen LogP contribution in [0.3, 0.4) is 0 Å². The quantitative estimate of drug-likeness (QED) is 0.658. The van der Waals surface area contributed by atoms with Crippen LogP contribution in [0.5, 0.6) is 17.2 Å². The van der Waals surface area contributed by atoms with Crippen molar-refractivity contribution in [3.05, 3.63) is 52.5 Å².